The minimum atomic E-state index is 0.636. The molecule has 0 aliphatic carbocycles. The quantitative estimate of drug-likeness (QED) is 0.0580. The molecule has 1 aliphatic heterocycles. The lowest BCUT2D eigenvalue weighted by Gasteiger charge is -2.33. The molecule has 0 radical (unpaired) electrons. The van der Waals surface area contributed by atoms with Crippen LogP contribution in [0.25, 0.3) is 0 Å². The molecule has 0 spiro atoms. The van der Waals surface area contributed by atoms with E-state index in [0.717, 1.165) is 0 Å². The zero-order chi connectivity index (χ0) is 36.6. The molecular weight excluding hydrogens is 617 g/mol. The Balaban J connectivity index is 2.21. The van der Waals surface area contributed by atoms with Crippen LogP contribution in [0.15, 0.2) is 12.4 Å². The molecule has 1 unspecified atom stereocenters. The smallest absolute Gasteiger partial charge is 0.101 e. The van der Waals surface area contributed by atoms with Crippen LogP contribution in [-0.2, 0) is 0 Å². The minimum Gasteiger partial charge on any atom is -0.356 e. The molecule has 0 bridgehead atoms. The summed E-state index contributed by atoms with van der Waals surface area (Å²) >= 11 is 0. The predicted molar refractivity (Wildman–Crippen MR) is 233 cm³/mol. The third-order valence-electron chi connectivity index (χ3n) is 12.1. The summed E-state index contributed by atoms with van der Waals surface area (Å²) < 4.78 is 0. The van der Waals surface area contributed by atoms with Crippen LogP contribution in [0, 0.1) is 0 Å². The van der Waals surface area contributed by atoms with Gasteiger partial charge in [0.2, 0.25) is 0 Å². The molecule has 0 saturated heterocycles. The maximum Gasteiger partial charge on any atom is 0.101 e. The monoisotopic (exact) mass is 715 g/mol. The SMILES string of the molecule is CCCCCCCCCCCCCCCCN1C=CN(CCCCCCCCCCCCCCC)C1CCCCCCCCCCCCCCC. The summed E-state index contributed by atoms with van der Waals surface area (Å²) in [6.07, 6.45) is 64.9. The molecule has 1 heterocycles. The van der Waals surface area contributed by atoms with Crippen LogP contribution in [-0.4, -0.2) is 29.1 Å². The van der Waals surface area contributed by atoms with Crippen molar-refractivity contribution in [1.29, 1.82) is 0 Å². The van der Waals surface area contributed by atoms with Gasteiger partial charge in [0.1, 0.15) is 6.17 Å². The van der Waals surface area contributed by atoms with E-state index in [1.54, 1.807) is 0 Å². The lowest BCUT2D eigenvalue weighted by atomic mass is 10.0. The number of hydrogen-bond acceptors (Lipinski definition) is 2. The first kappa shape index (κ1) is 48.4. The van der Waals surface area contributed by atoms with Gasteiger partial charge in [-0.1, -0.05) is 258 Å². The molecule has 1 aliphatic rings. The van der Waals surface area contributed by atoms with Gasteiger partial charge in [-0.3, -0.25) is 0 Å². The minimum absolute atomic E-state index is 0.636. The van der Waals surface area contributed by atoms with Gasteiger partial charge in [0.05, 0.1) is 0 Å². The van der Waals surface area contributed by atoms with Gasteiger partial charge < -0.3 is 9.80 Å². The summed E-state index contributed by atoms with van der Waals surface area (Å²) in [6.45, 7) is 9.49. The second-order valence-electron chi connectivity index (χ2n) is 17.1. The molecule has 0 saturated carbocycles. The lowest BCUT2D eigenvalue weighted by molar-refractivity contribution is 0.135. The molecule has 0 N–H and O–H groups in total. The number of hydrogen-bond donors (Lipinski definition) is 0. The van der Waals surface area contributed by atoms with E-state index in [4.69, 9.17) is 0 Å². The van der Waals surface area contributed by atoms with Crippen LogP contribution >= 0.6 is 0 Å². The fourth-order valence-corrected chi connectivity index (χ4v) is 8.48. The molecule has 0 fully saturated rings. The Hall–Kier alpha value is -0.660. The summed E-state index contributed by atoms with van der Waals surface area (Å²) in [5, 5.41) is 0. The topological polar surface area (TPSA) is 6.48 Å². The number of unbranched alkanes of at least 4 members (excludes halogenated alkanes) is 37. The maximum atomic E-state index is 2.74. The highest BCUT2D eigenvalue weighted by atomic mass is 15.4. The first-order valence-electron chi connectivity index (χ1n) is 24.5. The van der Waals surface area contributed by atoms with E-state index < -0.39 is 0 Å². The van der Waals surface area contributed by atoms with E-state index in [2.05, 4.69) is 43.0 Å². The third kappa shape index (κ3) is 32.5. The van der Waals surface area contributed by atoms with E-state index in [9.17, 15) is 0 Å². The van der Waals surface area contributed by atoms with Crippen LogP contribution in [0.4, 0.5) is 0 Å². The molecule has 0 amide bonds. The van der Waals surface area contributed by atoms with Crippen molar-refractivity contribution < 1.29 is 0 Å². The zero-order valence-electron chi connectivity index (χ0n) is 36.0. The highest BCUT2D eigenvalue weighted by Crippen LogP contribution is 2.24. The molecule has 0 aromatic carbocycles. The van der Waals surface area contributed by atoms with Gasteiger partial charge >= 0.3 is 0 Å². The van der Waals surface area contributed by atoms with Crippen molar-refractivity contribution in [3.05, 3.63) is 12.4 Å². The van der Waals surface area contributed by atoms with Crippen molar-refractivity contribution in [2.24, 2.45) is 0 Å². The van der Waals surface area contributed by atoms with Crippen LogP contribution < -0.4 is 0 Å². The van der Waals surface area contributed by atoms with Crippen molar-refractivity contribution in [2.45, 2.75) is 290 Å². The van der Waals surface area contributed by atoms with E-state index in [-0.39, 0.29) is 0 Å². The first-order valence-corrected chi connectivity index (χ1v) is 24.5. The Bertz CT molecular complexity index is 673. The Morgan fingerprint density at radius 1 is 0.255 bits per heavy atom. The molecule has 51 heavy (non-hydrogen) atoms. The van der Waals surface area contributed by atoms with E-state index in [1.165, 1.54) is 276 Å². The second-order valence-corrected chi connectivity index (χ2v) is 17.1. The molecule has 1 rings (SSSR count). The average Bonchev–Trinajstić information content (AvgIpc) is 3.53. The first-order chi connectivity index (χ1) is 25.3. The maximum absolute atomic E-state index is 2.74. The van der Waals surface area contributed by atoms with Crippen molar-refractivity contribution in [3.8, 4) is 0 Å². The molecule has 1 atom stereocenters. The Labute approximate surface area is 324 Å². The van der Waals surface area contributed by atoms with Crippen molar-refractivity contribution in [2.75, 3.05) is 13.1 Å². The van der Waals surface area contributed by atoms with Gasteiger partial charge in [0.25, 0.3) is 0 Å². The van der Waals surface area contributed by atoms with Crippen LogP contribution in [0.1, 0.15) is 284 Å². The molecule has 0 aromatic rings. The van der Waals surface area contributed by atoms with Crippen molar-refractivity contribution >= 4 is 0 Å². The van der Waals surface area contributed by atoms with E-state index >= 15 is 0 Å². The molecule has 2 heteroatoms. The molecule has 0 aromatic heterocycles. The fourth-order valence-electron chi connectivity index (χ4n) is 8.48. The fraction of sp³-hybridized carbons (Fsp3) is 0.959. The molecular formula is C49H98N2. The van der Waals surface area contributed by atoms with Crippen molar-refractivity contribution in [1.82, 2.24) is 9.80 Å². The molecule has 304 valence electrons. The average molecular weight is 715 g/mol. The van der Waals surface area contributed by atoms with Crippen LogP contribution in [0.5, 0.6) is 0 Å². The molecule has 2 nitrogen and oxygen atoms in total. The van der Waals surface area contributed by atoms with Gasteiger partial charge in [0.15, 0.2) is 0 Å². The van der Waals surface area contributed by atoms with E-state index in [0.29, 0.717) is 6.17 Å². The summed E-state index contributed by atoms with van der Waals surface area (Å²) in [5.41, 5.74) is 0. The number of rotatable bonds is 43. The van der Waals surface area contributed by atoms with Gasteiger partial charge in [-0.25, -0.2) is 0 Å². The van der Waals surface area contributed by atoms with Gasteiger partial charge in [-0.2, -0.15) is 0 Å². The summed E-state index contributed by atoms with van der Waals surface area (Å²) in [4.78, 5) is 5.48. The highest BCUT2D eigenvalue weighted by Gasteiger charge is 2.24. The van der Waals surface area contributed by atoms with Crippen molar-refractivity contribution in [3.63, 3.8) is 0 Å². The Morgan fingerprint density at radius 3 is 0.686 bits per heavy atom. The van der Waals surface area contributed by atoms with Crippen LogP contribution in [0.3, 0.4) is 0 Å². The Kier molecular flexibility index (Phi) is 38.4. The third-order valence-corrected chi connectivity index (χ3v) is 12.1. The zero-order valence-corrected chi connectivity index (χ0v) is 36.0. The summed E-state index contributed by atoms with van der Waals surface area (Å²) in [5.74, 6) is 0. The largest absolute Gasteiger partial charge is 0.356 e. The summed E-state index contributed by atoms with van der Waals surface area (Å²) in [7, 11) is 0. The Morgan fingerprint density at radius 2 is 0.451 bits per heavy atom. The van der Waals surface area contributed by atoms with Crippen LogP contribution in [0.2, 0.25) is 0 Å². The number of nitrogens with zero attached hydrogens (tertiary/aromatic N) is 2. The predicted octanol–water partition coefficient (Wildman–Crippen LogP) is 17.5. The lowest BCUT2D eigenvalue weighted by Crippen LogP contribution is -2.39. The standard InChI is InChI=1S/C49H98N2/c1-4-7-10-13-16-19-22-25-28-31-34-37-40-43-46-51-48-47-50(45-42-39-36-33-30-27-24-21-18-15-12-9-6-3)49(51)44-41-38-35-32-29-26-23-20-17-14-11-8-5-2/h47-49H,4-46H2,1-3H3. The van der Waals surface area contributed by atoms with Gasteiger partial charge in [0, 0.05) is 25.5 Å². The normalized spacial score (nSPS) is 14.5. The van der Waals surface area contributed by atoms with Gasteiger partial charge in [-0.05, 0) is 25.7 Å². The van der Waals surface area contributed by atoms with Gasteiger partial charge in [-0.15, -0.1) is 0 Å². The second kappa shape index (κ2) is 40.5. The summed E-state index contributed by atoms with van der Waals surface area (Å²) in [6, 6.07) is 0. The highest BCUT2D eigenvalue weighted by molar-refractivity contribution is 4.97. The van der Waals surface area contributed by atoms with E-state index in [1.807, 2.05) is 0 Å².